The summed E-state index contributed by atoms with van der Waals surface area (Å²) in [4.78, 5) is 33.1. The molecular weight excluding hydrogens is 506 g/mol. The summed E-state index contributed by atoms with van der Waals surface area (Å²) in [7, 11) is 0. The molecule has 8 nitrogen and oxygen atoms in total. The SMILES string of the molecule is O=C(Nc1ccc(OC(F)(F)Cl)cc1)c1ccc(N2CC(O)C2)c(-c2cc3c([nH]2)C(=O)N(C2CC2)C3)c1. The average molecular weight is 529 g/mol. The molecule has 2 amide bonds. The number of β-amino-alcohol motifs (C(OH)–C–C–N with tert-alkyl or cyclic N) is 1. The van der Waals surface area contributed by atoms with Crippen LogP contribution in [-0.4, -0.2) is 57.6 Å². The topological polar surface area (TPSA) is 97.9 Å². The number of hydrogen-bond donors (Lipinski definition) is 3. The van der Waals surface area contributed by atoms with E-state index in [2.05, 4.69) is 15.0 Å². The first kappa shape index (κ1) is 23.7. The fourth-order valence-corrected chi connectivity index (χ4v) is 4.89. The summed E-state index contributed by atoms with van der Waals surface area (Å²) in [6.45, 7) is 1.52. The minimum Gasteiger partial charge on any atom is -0.420 e. The van der Waals surface area contributed by atoms with Gasteiger partial charge in [-0.05, 0) is 61.4 Å². The molecule has 2 aliphatic heterocycles. The number of carbonyl (C=O) groups is 2. The van der Waals surface area contributed by atoms with Crippen LogP contribution in [0.2, 0.25) is 0 Å². The number of rotatable bonds is 7. The van der Waals surface area contributed by atoms with Crippen LogP contribution in [0.25, 0.3) is 11.3 Å². The lowest BCUT2D eigenvalue weighted by molar-refractivity contribution is -0.0964. The molecule has 0 unspecified atom stereocenters. The van der Waals surface area contributed by atoms with Crippen LogP contribution in [-0.2, 0) is 6.54 Å². The standard InChI is InChI=1S/C26H23ClF2N4O4/c27-26(28,29)37-19-6-2-16(3-7-19)30-24(35)14-1-8-22(32-12-18(34)13-32)20(9-14)21-10-15-11-33(17-4-5-17)25(36)23(15)31-21/h1-3,6-10,17-18,31,34H,4-5,11-13H2,(H,30,35). The van der Waals surface area contributed by atoms with Crippen LogP contribution >= 0.6 is 11.6 Å². The number of aliphatic hydroxyl groups excluding tert-OH is 1. The number of alkyl halides is 3. The summed E-state index contributed by atoms with van der Waals surface area (Å²) in [6.07, 6.45) is 1.66. The Bertz CT molecular complexity index is 1380. The minimum absolute atomic E-state index is 0.00192. The zero-order valence-corrected chi connectivity index (χ0v) is 20.3. The second kappa shape index (κ2) is 8.74. The van der Waals surface area contributed by atoms with Crippen molar-refractivity contribution in [3.8, 4) is 17.0 Å². The highest BCUT2D eigenvalue weighted by Crippen LogP contribution is 2.39. The number of aromatic amines is 1. The number of H-pyrrole nitrogens is 1. The van der Waals surface area contributed by atoms with Gasteiger partial charge in [-0.25, -0.2) is 0 Å². The van der Waals surface area contributed by atoms with Gasteiger partial charge in [-0.2, -0.15) is 0 Å². The third kappa shape index (κ3) is 4.74. The predicted molar refractivity (Wildman–Crippen MR) is 133 cm³/mol. The Morgan fingerprint density at radius 1 is 1.14 bits per heavy atom. The van der Waals surface area contributed by atoms with Crippen LogP contribution < -0.4 is 15.0 Å². The first-order chi connectivity index (χ1) is 17.6. The van der Waals surface area contributed by atoms with Crippen molar-refractivity contribution in [1.29, 1.82) is 0 Å². The van der Waals surface area contributed by atoms with Gasteiger partial charge in [0.2, 0.25) is 0 Å². The van der Waals surface area contributed by atoms with Crippen molar-refractivity contribution in [3.05, 3.63) is 65.4 Å². The molecule has 1 saturated carbocycles. The normalized spacial score (nSPS) is 17.6. The van der Waals surface area contributed by atoms with Gasteiger partial charge in [-0.15, -0.1) is 8.78 Å². The van der Waals surface area contributed by atoms with E-state index >= 15 is 0 Å². The van der Waals surface area contributed by atoms with Gasteiger partial charge in [-0.3, -0.25) is 9.59 Å². The van der Waals surface area contributed by atoms with E-state index in [0.29, 0.717) is 42.6 Å². The van der Waals surface area contributed by atoms with Crippen molar-refractivity contribution < 1.29 is 28.2 Å². The van der Waals surface area contributed by atoms with Gasteiger partial charge < -0.3 is 29.9 Å². The lowest BCUT2D eigenvalue weighted by Crippen LogP contribution is -2.51. The fraction of sp³-hybridized carbons (Fsp3) is 0.308. The van der Waals surface area contributed by atoms with Gasteiger partial charge in [0.05, 0.1) is 6.10 Å². The number of halogens is 3. The summed E-state index contributed by atoms with van der Waals surface area (Å²) in [5.74, 6) is -0.545. The van der Waals surface area contributed by atoms with E-state index in [-0.39, 0.29) is 11.7 Å². The average Bonchev–Trinajstić information content (AvgIpc) is 3.51. The van der Waals surface area contributed by atoms with Crippen LogP contribution in [0.4, 0.5) is 20.2 Å². The Morgan fingerprint density at radius 3 is 2.49 bits per heavy atom. The van der Waals surface area contributed by atoms with E-state index in [9.17, 15) is 23.5 Å². The Hall–Kier alpha value is -3.63. The Labute approximate surface area is 215 Å². The van der Waals surface area contributed by atoms with Gasteiger partial charge in [0.25, 0.3) is 11.8 Å². The molecule has 1 aliphatic carbocycles. The maximum absolute atomic E-state index is 13.0. The minimum atomic E-state index is -3.83. The highest BCUT2D eigenvalue weighted by molar-refractivity contribution is 6.20. The molecule has 11 heteroatoms. The highest BCUT2D eigenvalue weighted by Gasteiger charge is 2.40. The molecular formula is C26H23ClF2N4O4. The molecule has 3 aromatic rings. The van der Waals surface area contributed by atoms with Gasteiger partial charge in [-0.1, -0.05) is 0 Å². The third-order valence-electron chi connectivity index (χ3n) is 6.80. The second-order valence-corrected chi connectivity index (χ2v) is 10.0. The van der Waals surface area contributed by atoms with Crippen molar-refractivity contribution in [3.63, 3.8) is 0 Å². The smallest absolute Gasteiger partial charge is 0.420 e. The van der Waals surface area contributed by atoms with E-state index in [0.717, 1.165) is 35.3 Å². The lowest BCUT2D eigenvalue weighted by Gasteiger charge is -2.39. The number of amides is 2. The zero-order valence-electron chi connectivity index (χ0n) is 19.5. The first-order valence-electron chi connectivity index (χ1n) is 11.9. The number of anilines is 2. The van der Waals surface area contributed by atoms with E-state index in [1.807, 2.05) is 21.9 Å². The van der Waals surface area contributed by atoms with E-state index in [4.69, 9.17) is 11.6 Å². The number of nitrogens with zero attached hydrogens (tertiary/aromatic N) is 2. The Morgan fingerprint density at radius 2 is 1.86 bits per heavy atom. The molecule has 3 heterocycles. The van der Waals surface area contributed by atoms with E-state index < -0.39 is 17.6 Å². The highest BCUT2D eigenvalue weighted by atomic mass is 35.5. The van der Waals surface area contributed by atoms with Crippen molar-refractivity contribution in [2.24, 2.45) is 0 Å². The van der Waals surface area contributed by atoms with Gasteiger partial charge >= 0.3 is 5.57 Å². The van der Waals surface area contributed by atoms with Gasteiger partial charge in [0, 0.05) is 71.0 Å². The summed E-state index contributed by atoms with van der Waals surface area (Å²) in [6, 6.07) is 12.9. The van der Waals surface area contributed by atoms with Crippen molar-refractivity contribution in [1.82, 2.24) is 9.88 Å². The van der Waals surface area contributed by atoms with Crippen LogP contribution in [0.1, 0.15) is 39.3 Å². The molecule has 192 valence electrons. The molecule has 0 radical (unpaired) electrons. The van der Waals surface area contributed by atoms with Crippen molar-refractivity contribution in [2.45, 2.75) is 37.1 Å². The number of ether oxygens (including phenoxy) is 1. The van der Waals surface area contributed by atoms with Crippen LogP contribution in [0.15, 0.2) is 48.5 Å². The third-order valence-corrected chi connectivity index (χ3v) is 6.88. The molecule has 0 bridgehead atoms. The summed E-state index contributed by atoms with van der Waals surface area (Å²) in [5.41, 5.74) is 0.753. The molecule has 1 aromatic heterocycles. The number of hydrogen-bond acceptors (Lipinski definition) is 5. The van der Waals surface area contributed by atoms with Crippen LogP contribution in [0.5, 0.6) is 5.75 Å². The van der Waals surface area contributed by atoms with Gasteiger partial charge in [0.1, 0.15) is 11.4 Å². The summed E-state index contributed by atoms with van der Waals surface area (Å²) < 4.78 is 29.9. The van der Waals surface area contributed by atoms with Crippen molar-refractivity contribution >= 4 is 34.8 Å². The van der Waals surface area contributed by atoms with Gasteiger partial charge in [0.15, 0.2) is 0 Å². The van der Waals surface area contributed by atoms with E-state index in [1.54, 1.807) is 12.1 Å². The zero-order chi connectivity index (χ0) is 25.9. The summed E-state index contributed by atoms with van der Waals surface area (Å²) in [5, 5.41) is 12.6. The van der Waals surface area contributed by atoms with Crippen LogP contribution in [0.3, 0.4) is 0 Å². The number of benzene rings is 2. The number of nitrogens with one attached hydrogen (secondary N) is 2. The lowest BCUT2D eigenvalue weighted by atomic mass is 10.0. The molecule has 6 rings (SSSR count). The Kier molecular flexibility index (Phi) is 5.61. The largest absolute Gasteiger partial charge is 0.487 e. The molecule has 2 aromatic carbocycles. The molecule has 1 saturated heterocycles. The van der Waals surface area contributed by atoms with E-state index in [1.165, 1.54) is 24.3 Å². The Balaban J connectivity index is 1.26. The predicted octanol–water partition coefficient (Wildman–Crippen LogP) is 4.40. The van der Waals surface area contributed by atoms with Crippen molar-refractivity contribution in [2.75, 3.05) is 23.3 Å². The molecule has 2 fully saturated rings. The maximum atomic E-state index is 13.0. The quantitative estimate of drug-likeness (QED) is 0.395. The monoisotopic (exact) mass is 528 g/mol. The molecule has 3 aliphatic rings. The van der Waals surface area contributed by atoms with Crippen LogP contribution in [0, 0.1) is 0 Å². The molecule has 37 heavy (non-hydrogen) atoms. The molecule has 3 N–H and O–H groups in total. The first-order valence-corrected chi connectivity index (χ1v) is 12.3. The molecule has 0 spiro atoms. The summed E-state index contributed by atoms with van der Waals surface area (Å²) >= 11 is 4.78. The number of aromatic nitrogens is 1. The number of aliphatic hydroxyl groups is 1. The fourth-order valence-electron chi connectivity index (χ4n) is 4.80. The maximum Gasteiger partial charge on any atom is 0.487 e. The number of carbonyl (C=O) groups excluding carboxylic acids is 2. The number of fused-ring (bicyclic) bond motifs is 1. The molecule has 0 atom stereocenters. The second-order valence-electron chi connectivity index (χ2n) is 9.56.